The van der Waals surface area contributed by atoms with E-state index in [1.165, 1.54) is 7.11 Å². The highest BCUT2D eigenvalue weighted by atomic mass is 16.5. The number of methoxy groups -OCH3 is 1. The van der Waals surface area contributed by atoms with E-state index < -0.39 is 6.10 Å². The molecule has 4 nitrogen and oxygen atoms in total. The molecule has 0 heterocycles. The van der Waals surface area contributed by atoms with Crippen molar-refractivity contribution < 1.29 is 14.6 Å². The zero-order valence-corrected chi connectivity index (χ0v) is 8.62. The zero-order chi connectivity index (χ0) is 10.3. The van der Waals surface area contributed by atoms with Gasteiger partial charge < -0.3 is 14.7 Å². The molecule has 0 fully saturated rings. The van der Waals surface area contributed by atoms with E-state index in [9.17, 15) is 4.79 Å². The Morgan fingerprint density at radius 3 is 2.54 bits per heavy atom. The van der Waals surface area contributed by atoms with E-state index in [1.54, 1.807) is 11.8 Å². The van der Waals surface area contributed by atoms with Gasteiger partial charge in [-0.1, -0.05) is 6.92 Å². The van der Waals surface area contributed by atoms with Gasteiger partial charge in [0, 0.05) is 20.2 Å². The topological polar surface area (TPSA) is 49.8 Å². The summed E-state index contributed by atoms with van der Waals surface area (Å²) in [6, 6.07) is 0. The number of aliphatic hydroxyl groups is 1. The number of nitrogens with zero attached hydrogens (tertiary/aromatic N) is 1. The second-order valence-electron chi connectivity index (χ2n) is 2.93. The number of rotatable bonds is 6. The first-order valence-electron chi connectivity index (χ1n) is 4.59. The van der Waals surface area contributed by atoms with Gasteiger partial charge in [-0.15, -0.1) is 0 Å². The molecule has 1 atom stereocenters. The molecule has 0 bridgehead atoms. The third-order valence-corrected chi connectivity index (χ3v) is 1.88. The minimum absolute atomic E-state index is 0.00216. The van der Waals surface area contributed by atoms with E-state index in [4.69, 9.17) is 9.84 Å². The standard InChI is InChI=1S/C9H19NO3/c1-4-5-10(6-7-11)9(12)8(2)13-3/h8,11H,4-7H2,1-3H3. The van der Waals surface area contributed by atoms with Crippen molar-refractivity contribution in [3.8, 4) is 0 Å². The van der Waals surface area contributed by atoms with E-state index in [2.05, 4.69) is 0 Å². The molecule has 1 N–H and O–H groups in total. The maximum absolute atomic E-state index is 11.5. The highest BCUT2D eigenvalue weighted by molar-refractivity contribution is 5.80. The average molecular weight is 189 g/mol. The summed E-state index contributed by atoms with van der Waals surface area (Å²) >= 11 is 0. The third-order valence-electron chi connectivity index (χ3n) is 1.88. The van der Waals surface area contributed by atoms with Crippen molar-refractivity contribution in [2.75, 3.05) is 26.8 Å². The Kier molecular flexibility index (Phi) is 6.54. The molecule has 0 rings (SSSR count). The van der Waals surface area contributed by atoms with E-state index in [-0.39, 0.29) is 12.5 Å². The molecule has 0 aliphatic heterocycles. The van der Waals surface area contributed by atoms with Crippen LogP contribution in [0.15, 0.2) is 0 Å². The van der Waals surface area contributed by atoms with Gasteiger partial charge in [0.1, 0.15) is 6.10 Å². The van der Waals surface area contributed by atoms with Crippen molar-refractivity contribution in [3.63, 3.8) is 0 Å². The predicted molar refractivity (Wildman–Crippen MR) is 50.4 cm³/mol. The Morgan fingerprint density at radius 1 is 1.54 bits per heavy atom. The van der Waals surface area contributed by atoms with Crippen molar-refractivity contribution in [1.29, 1.82) is 0 Å². The van der Waals surface area contributed by atoms with Crippen LogP contribution in [0.3, 0.4) is 0 Å². The molecule has 0 saturated heterocycles. The van der Waals surface area contributed by atoms with Gasteiger partial charge in [0.15, 0.2) is 0 Å². The molecule has 0 spiro atoms. The van der Waals surface area contributed by atoms with Crippen LogP contribution in [0.5, 0.6) is 0 Å². The molecule has 0 aliphatic rings. The van der Waals surface area contributed by atoms with Gasteiger partial charge in [-0.25, -0.2) is 0 Å². The van der Waals surface area contributed by atoms with Crippen molar-refractivity contribution in [3.05, 3.63) is 0 Å². The van der Waals surface area contributed by atoms with Gasteiger partial charge in [-0.2, -0.15) is 0 Å². The summed E-state index contributed by atoms with van der Waals surface area (Å²) < 4.78 is 4.91. The van der Waals surface area contributed by atoms with Crippen LogP contribution in [0.25, 0.3) is 0 Å². The number of carbonyl (C=O) groups excluding carboxylic acids is 1. The molecule has 0 aromatic heterocycles. The second-order valence-corrected chi connectivity index (χ2v) is 2.93. The fourth-order valence-electron chi connectivity index (χ4n) is 1.08. The fourth-order valence-corrected chi connectivity index (χ4v) is 1.08. The van der Waals surface area contributed by atoms with Gasteiger partial charge in [0.05, 0.1) is 6.61 Å². The lowest BCUT2D eigenvalue weighted by Crippen LogP contribution is -2.40. The summed E-state index contributed by atoms with van der Waals surface area (Å²) in [6.07, 6.45) is 0.473. The molecular formula is C9H19NO3. The van der Waals surface area contributed by atoms with Gasteiger partial charge in [0.25, 0.3) is 5.91 Å². The van der Waals surface area contributed by atoms with Gasteiger partial charge in [0.2, 0.25) is 0 Å². The first-order chi connectivity index (χ1) is 6.17. The largest absolute Gasteiger partial charge is 0.395 e. The van der Waals surface area contributed by atoms with E-state index >= 15 is 0 Å². The van der Waals surface area contributed by atoms with E-state index in [0.29, 0.717) is 13.1 Å². The second kappa shape index (κ2) is 6.86. The lowest BCUT2D eigenvalue weighted by molar-refractivity contribution is -0.141. The molecular weight excluding hydrogens is 170 g/mol. The minimum Gasteiger partial charge on any atom is -0.395 e. The van der Waals surface area contributed by atoms with E-state index in [1.807, 2.05) is 6.92 Å². The van der Waals surface area contributed by atoms with Crippen molar-refractivity contribution in [2.45, 2.75) is 26.4 Å². The Bertz CT molecular complexity index is 144. The van der Waals surface area contributed by atoms with Crippen LogP contribution in [0.1, 0.15) is 20.3 Å². The number of hydrogen-bond donors (Lipinski definition) is 1. The Morgan fingerprint density at radius 2 is 2.15 bits per heavy atom. The lowest BCUT2D eigenvalue weighted by Gasteiger charge is -2.23. The van der Waals surface area contributed by atoms with Crippen LogP contribution in [-0.4, -0.2) is 48.8 Å². The molecule has 0 aromatic carbocycles. The van der Waals surface area contributed by atoms with Crippen LogP contribution in [0.4, 0.5) is 0 Å². The number of aliphatic hydroxyl groups excluding tert-OH is 1. The van der Waals surface area contributed by atoms with E-state index in [0.717, 1.165) is 6.42 Å². The quantitative estimate of drug-likeness (QED) is 0.651. The summed E-state index contributed by atoms with van der Waals surface area (Å²) in [6.45, 7) is 4.77. The van der Waals surface area contributed by atoms with Crippen molar-refractivity contribution in [2.24, 2.45) is 0 Å². The Hall–Kier alpha value is -0.610. The molecule has 13 heavy (non-hydrogen) atoms. The predicted octanol–water partition coefficient (Wildman–Crippen LogP) is 0.252. The summed E-state index contributed by atoms with van der Waals surface area (Å²) in [7, 11) is 1.51. The highest BCUT2D eigenvalue weighted by Crippen LogP contribution is 1.99. The summed E-state index contributed by atoms with van der Waals surface area (Å²) in [5.41, 5.74) is 0. The van der Waals surface area contributed by atoms with Gasteiger partial charge >= 0.3 is 0 Å². The van der Waals surface area contributed by atoms with Crippen LogP contribution in [-0.2, 0) is 9.53 Å². The summed E-state index contributed by atoms with van der Waals surface area (Å²) in [5.74, 6) is -0.0570. The fraction of sp³-hybridized carbons (Fsp3) is 0.889. The Balaban J connectivity index is 4.09. The Labute approximate surface area is 79.5 Å². The molecule has 4 heteroatoms. The minimum atomic E-state index is -0.418. The van der Waals surface area contributed by atoms with Crippen molar-refractivity contribution >= 4 is 5.91 Å². The maximum atomic E-state index is 11.5. The zero-order valence-electron chi connectivity index (χ0n) is 8.62. The first-order valence-corrected chi connectivity index (χ1v) is 4.59. The average Bonchev–Trinajstić information content (AvgIpc) is 2.15. The van der Waals surface area contributed by atoms with Crippen LogP contribution in [0, 0.1) is 0 Å². The first kappa shape index (κ1) is 12.4. The highest BCUT2D eigenvalue weighted by Gasteiger charge is 2.18. The summed E-state index contributed by atoms with van der Waals surface area (Å²) in [4.78, 5) is 13.2. The van der Waals surface area contributed by atoms with Gasteiger partial charge in [-0.3, -0.25) is 4.79 Å². The SMILES string of the molecule is CCCN(CCO)C(=O)C(C)OC. The molecule has 0 saturated carbocycles. The van der Waals surface area contributed by atoms with Crippen LogP contribution in [0.2, 0.25) is 0 Å². The lowest BCUT2D eigenvalue weighted by atomic mass is 10.3. The molecule has 1 unspecified atom stereocenters. The molecule has 1 amide bonds. The van der Waals surface area contributed by atoms with Crippen LogP contribution >= 0.6 is 0 Å². The molecule has 78 valence electrons. The molecule has 0 aromatic rings. The van der Waals surface area contributed by atoms with Crippen molar-refractivity contribution in [1.82, 2.24) is 4.90 Å². The third kappa shape index (κ3) is 4.24. The maximum Gasteiger partial charge on any atom is 0.251 e. The molecule has 0 radical (unpaired) electrons. The number of hydrogen-bond acceptors (Lipinski definition) is 3. The number of amides is 1. The monoisotopic (exact) mass is 189 g/mol. The number of ether oxygens (including phenoxy) is 1. The molecule has 0 aliphatic carbocycles. The summed E-state index contributed by atoms with van der Waals surface area (Å²) in [5, 5.41) is 8.73. The smallest absolute Gasteiger partial charge is 0.251 e. The normalized spacial score (nSPS) is 12.6. The van der Waals surface area contributed by atoms with Gasteiger partial charge in [-0.05, 0) is 13.3 Å². The number of carbonyl (C=O) groups is 1. The van der Waals surface area contributed by atoms with Crippen LogP contribution < -0.4 is 0 Å².